The Bertz CT molecular complexity index is 4870. The van der Waals surface area contributed by atoms with Crippen molar-refractivity contribution in [2.24, 2.45) is 76.9 Å². The third-order valence-corrected chi connectivity index (χ3v) is 32.6. The Morgan fingerprint density at radius 3 is 1.20 bits per heavy atom. The van der Waals surface area contributed by atoms with Gasteiger partial charge in [-0.3, -0.25) is 30.5 Å². The summed E-state index contributed by atoms with van der Waals surface area (Å²) in [6.07, 6.45) is -7.63. The number of hydrogen-bond acceptors (Lipinski definition) is 41. The molecule has 0 aromatic heterocycles. The van der Waals surface area contributed by atoms with Gasteiger partial charge in [-0.1, -0.05) is 32.9 Å². The summed E-state index contributed by atoms with van der Waals surface area (Å²) < 4.78 is 240. The smallest absolute Gasteiger partial charge is 0.393 e. The van der Waals surface area contributed by atoms with Crippen LogP contribution in [-0.4, -0.2) is 253 Å². The second-order valence-corrected chi connectivity index (χ2v) is 37.7. The fourth-order valence-electron chi connectivity index (χ4n) is 19.2. The number of esters is 12. The summed E-state index contributed by atoms with van der Waals surface area (Å²) in [5, 5.41) is 15.0. The summed E-state index contributed by atoms with van der Waals surface area (Å²) in [5.41, 5.74) is 0. The third-order valence-electron chi connectivity index (χ3n) is 23.3. The van der Waals surface area contributed by atoms with Gasteiger partial charge in [0.25, 0.3) is 50.6 Å². The summed E-state index contributed by atoms with van der Waals surface area (Å²) in [6, 6.07) is 3.87. The molecular formula is C67H71F3N2O39S5. The topological polar surface area (TPSA) is 580 Å². The number of halogens is 3. The van der Waals surface area contributed by atoms with E-state index in [2.05, 4.69) is 61.3 Å². The van der Waals surface area contributed by atoms with Gasteiger partial charge in [-0.05, 0) is 44.9 Å². The Balaban J connectivity index is 0.000000143. The maximum Gasteiger partial charge on any atom is 0.393 e. The number of nitrogens with zero attached hydrogens (tertiary/aromatic N) is 2. The van der Waals surface area contributed by atoms with Gasteiger partial charge in [0, 0.05) is 89.6 Å². The molecule has 28 atom stereocenters. The molecule has 5 heterocycles. The molecule has 10 bridgehead atoms. The monoisotopic (exact) mass is 1740 g/mol. The van der Waals surface area contributed by atoms with Crippen LogP contribution >= 0.6 is 0 Å². The van der Waals surface area contributed by atoms with E-state index >= 15 is 0 Å². The average molecular weight is 1750 g/mol. The normalized spacial score (nSPS) is 38.8. The number of rotatable bonds is 22. The van der Waals surface area contributed by atoms with E-state index < -0.39 is 301 Å². The number of carbonyl (C=O) groups excluding carboxylic acids is 12. The molecule has 634 valence electrons. The quantitative estimate of drug-likeness (QED) is 0.0499. The molecule has 0 aromatic carbocycles. The van der Waals surface area contributed by atoms with Crippen LogP contribution in [0.4, 0.5) is 13.2 Å². The molecule has 0 amide bonds. The molecule has 10 aliphatic carbocycles. The highest BCUT2D eigenvalue weighted by Gasteiger charge is 2.80. The molecule has 0 spiro atoms. The van der Waals surface area contributed by atoms with Crippen LogP contribution in [0.25, 0.3) is 0 Å². The van der Waals surface area contributed by atoms with E-state index in [9.17, 15) is 123 Å². The fourth-order valence-corrected chi connectivity index (χ4v) is 29.2. The van der Waals surface area contributed by atoms with Crippen LogP contribution in [0.5, 0.6) is 0 Å². The number of alkyl halides is 3. The van der Waals surface area contributed by atoms with E-state index in [1.165, 1.54) is 7.11 Å². The van der Waals surface area contributed by atoms with Gasteiger partial charge in [0.2, 0.25) is 0 Å². The molecule has 15 fully saturated rings. The van der Waals surface area contributed by atoms with Crippen LogP contribution in [0.15, 0.2) is 63.3 Å². The van der Waals surface area contributed by atoms with Crippen molar-refractivity contribution in [2.75, 3.05) is 47.3 Å². The van der Waals surface area contributed by atoms with Gasteiger partial charge in [-0.15, -0.1) is 0 Å². The molecular weight excluding hydrogens is 1670 g/mol. The lowest BCUT2D eigenvalue weighted by Crippen LogP contribution is -2.50. The van der Waals surface area contributed by atoms with Crippen LogP contribution < -0.4 is 0 Å². The maximum atomic E-state index is 13.3. The lowest BCUT2D eigenvalue weighted by molar-refractivity contribution is -0.204. The van der Waals surface area contributed by atoms with Crippen LogP contribution in [0.3, 0.4) is 0 Å². The minimum atomic E-state index is -4.75. The lowest BCUT2D eigenvalue weighted by Gasteiger charge is -2.32. The lowest BCUT2D eigenvalue weighted by atomic mass is 9.84. The molecule has 0 N–H and O–H groups in total. The fraction of sp³-hybridized carbons (Fsp3) is 0.642. The predicted molar refractivity (Wildman–Crippen MR) is 360 cm³/mol. The van der Waals surface area contributed by atoms with Gasteiger partial charge in [-0.2, -0.15) is 65.8 Å². The highest BCUT2D eigenvalue weighted by atomic mass is 32.2. The summed E-state index contributed by atoms with van der Waals surface area (Å²) in [7, 11) is -18.0. The zero-order valence-corrected chi connectivity index (χ0v) is 64.5. The van der Waals surface area contributed by atoms with Crippen molar-refractivity contribution in [1.29, 1.82) is 10.5 Å². The molecule has 116 heavy (non-hydrogen) atoms. The number of methoxy groups -OCH3 is 2. The van der Waals surface area contributed by atoms with Crippen LogP contribution in [0.2, 0.25) is 0 Å². The molecule has 15 rings (SSSR count). The summed E-state index contributed by atoms with van der Waals surface area (Å²) >= 11 is 0. The molecule has 0 aromatic rings. The number of ether oxygens (including phenoxy) is 12. The minimum Gasteiger partial charge on any atom is -0.469 e. The highest BCUT2D eigenvalue weighted by molar-refractivity contribution is 7.89. The van der Waals surface area contributed by atoms with Crippen molar-refractivity contribution < 1.29 is 191 Å². The van der Waals surface area contributed by atoms with Crippen molar-refractivity contribution >= 4 is 122 Å². The second-order valence-electron chi connectivity index (χ2n) is 28.9. The zero-order valence-electron chi connectivity index (χ0n) is 60.4. The predicted octanol–water partition coefficient (Wildman–Crippen LogP) is -1.80. The van der Waals surface area contributed by atoms with Crippen molar-refractivity contribution in [3.8, 4) is 12.1 Å². The van der Waals surface area contributed by atoms with E-state index in [1.54, 1.807) is 0 Å². The maximum absolute atomic E-state index is 13.3. The van der Waals surface area contributed by atoms with E-state index in [1.807, 2.05) is 12.1 Å². The van der Waals surface area contributed by atoms with Gasteiger partial charge in [0.05, 0.1) is 44.1 Å². The number of nitriles is 2. The van der Waals surface area contributed by atoms with Gasteiger partial charge in [0.15, 0.2) is 42.5 Å². The first kappa shape index (κ1) is 87.5. The minimum absolute atomic E-state index is 0.0203. The first-order chi connectivity index (χ1) is 54.3. The first-order valence-corrected chi connectivity index (χ1v) is 42.2. The molecule has 5 aliphatic heterocycles. The van der Waals surface area contributed by atoms with Crippen molar-refractivity contribution in [2.45, 2.75) is 137 Å². The van der Waals surface area contributed by atoms with Crippen LogP contribution in [0, 0.1) is 99.6 Å². The molecule has 10 saturated carbocycles. The van der Waals surface area contributed by atoms with Crippen LogP contribution in [-0.2, 0) is 186 Å². The van der Waals surface area contributed by atoms with Gasteiger partial charge >= 0.3 is 77.8 Å². The van der Waals surface area contributed by atoms with E-state index in [0.29, 0.717) is 25.7 Å². The van der Waals surface area contributed by atoms with Crippen LogP contribution in [0.1, 0.15) is 44.9 Å². The van der Waals surface area contributed by atoms with E-state index in [4.69, 9.17) is 49.3 Å². The molecule has 28 unspecified atom stereocenters. The first-order valence-electron chi connectivity index (χ1n) is 34.9. The largest absolute Gasteiger partial charge is 0.469 e. The number of fused-ring (bicyclic) bond motifs is 5. The SMILES string of the molecule is C=CC(=O)OCC(=O)OC1C2CC3C1OS(=O)(=O)C3(C#N)C2.C=CC(=O)OCC(=O)OC1C2CC3C1OS(=O)(=O)C3(C(=O)OC)C2.C=CC(=O)OCC(=O)OC1C2CC3C1OS(=O)(=O)C3C2C#N.C=CC(=O)OCC(=O)OC1C2CC3C1OS(=O)(=O)C3C2C(=O)OC.C=CC(=O)OCC(=O)OC1C2CC3C1OS(=O)(=O)C3C2C(F)(F)F. The highest BCUT2D eigenvalue weighted by Crippen LogP contribution is 2.66. The number of carbonyl (C=O) groups is 12. The summed E-state index contributed by atoms with van der Waals surface area (Å²) in [5.74, 6) is -19.0. The molecule has 0 radical (unpaired) electrons. The molecule has 41 nitrogen and oxygen atoms in total. The van der Waals surface area contributed by atoms with Crippen molar-refractivity contribution in [3.63, 3.8) is 0 Å². The zero-order chi connectivity index (χ0) is 85.4. The Morgan fingerprint density at radius 1 is 0.431 bits per heavy atom. The van der Waals surface area contributed by atoms with Gasteiger partial charge in [-0.25, -0.2) is 47.9 Å². The standard InChI is InChI=1S/2C14H16O9S.C13H13F3O7S.2C13H13NO7S/c1-3-9(15)21-6-10(16)22-11-7-4-8-12(11)23-24(18,19)14(8,5-7)13(17)20-2;1-3-8(15)21-5-9(16)22-11-6-4-7-12(11)23-24(18,19)13(7)10(6)14(17)20-2;1-2-7(17)21-4-8(18)22-10-5-3-6-11(10)23-24(19,20)12(6)9(5)13(14,15)16;1-2-9(15)19-5-10(16)20-11-7-3-8-12(11)21-22(17,18)13(8,4-7)6-14;1-2-9(15)19-5-10(16)20-11-6-3-7-12(11)21-22(17,18)13(7)8(6)4-14/h3,7-8,11-12H,1,4-6H2,2H3;3,6-7,10-13H,1,4-5H2,2H3;2,5-6,9-12H,1,3-4H2;2,7-8,11-12H,1,3-5H2;2,6-8,11-13H,1,3,5H2. The molecule has 15 aliphatic rings. The van der Waals surface area contributed by atoms with E-state index in [-0.39, 0.29) is 42.9 Å². The van der Waals surface area contributed by atoms with Crippen molar-refractivity contribution in [3.05, 3.63) is 63.3 Å². The Morgan fingerprint density at radius 2 is 0.784 bits per heavy atom. The molecule has 5 saturated heterocycles. The second kappa shape index (κ2) is 32.5. The summed E-state index contributed by atoms with van der Waals surface area (Å²) in [4.78, 5) is 137. The Hall–Kier alpha value is -9.34. The van der Waals surface area contributed by atoms with E-state index in [0.717, 1.165) is 37.5 Å². The summed E-state index contributed by atoms with van der Waals surface area (Å²) in [6.45, 7) is 12.7. The Kier molecular flexibility index (Phi) is 24.5. The molecule has 49 heteroatoms. The third kappa shape index (κ3) is 15.5. The average Bonchev–Trinajstić information content (AvgIpc) is 1.52. The van der Waals surface area contributed by atoms with Crippen molar-refractivity contribution in [1.82, 2.24) is 0 Å². The Labute approximate surface area is 657 Å². The van der Waals surface area contributed by atoms with Gasteiger partial charge in [0.1, 0.15) is 76.8 Å². The number of hydrogen-bond donors (Lipinski definition) is 0. The van der Waals surface area contributed by atoms with Gasteiger partial charge < -0.3 is 56.8 Å².